The van der Waals surface area contributed by atoms with Crippen LogP contribution in [0.25, 0.3) is 22.2 Å². The van der Waals surface area contributed by atoms with Crippen molar-refractivity contribution >= 4 is 11.0 Å². The van der Waals surface area contributed by atoms with Crippen molar-refractivity contribution in [1.82, 2.24) is 5.16 Å². The lowest BCUT2D eigenvalue weighted by molar-refractivity contribution is 0.263. The topological polar surface area (TPSA) is 47.8 Å². The molecule has 4 nitrogen and oxygen atoms in total. The minimum Gasteiger partial charge on any atom is -0.491 e. The molecule has 1 unspecified atom stereocenters. The zero-order chi connectivity index (χ0) is 14.2. The lowest BCUT2D eigenvalue weighted by Gasteiger charge is -2.05. The van der Waals surface area contributed by atoms with Crippen LogP contribution in [0.3, 0.4) is 0 Å². The second-order valence-corrected chi connectivity index (χ2v) is 4.97. The fourth-order valence-corrected chi connectivity index (χ4v) is 2.21. The van der Waals surface area contributed by atoms with Crippen molar-refractivity contribution in [1.29, 1.82) is 0 Å². The maximum atomic E-state index is 13.2. The number of benzene rings is 2. The molecule has 1 atom stereocenters. The number of rotatable bonds is 4. The molecule has 5 heteroatoms. The molecule has 1 saturated heterocycles. The van der Waals surface area contributed by atoms with E-state index in [0.717, 1.165) is 23.3 Å². The normalized spacial score (nSPS) is 17.1. The first kappa shape index (κ1) is 12.3. The minimum atomic E-state index is -0.341. The highest BCUT2D eigenvalue weighted by Crippen LogP contribution is 2.30. The third-order valence-corrected chi connectivity index (χ3v) is 3.38. The van der Waals surface area contributed by atoms with Gasteiger partial charge in [0.05, 0.1) is 6.61 Å². The Labute approximate surface area is 120 Å². The van der Waals surface area contributed by atoms with Crippen LogP contribution in [0.5, 0.6) is 5.75 Å². The van der Waals surface area contributed by atoms with Crippen LogP contribution in [-0.4, -0.2) is 24.5 Å². The molecule has 0 aliphatic carbocycles. The number of aromatic nitrogens is 1. The summed E-state index contributed by atoms with van der Waals surface area (Å²) >= 11 is 0. The van der Waals surface area contributed by atoms with Crippen LogP contribution < -0.4 is 4.74 Å². The van der Waals surface area contributed by atoms with E-state index in [1.807, 2.05) is 24.3 Å². The van der Waals surface area contributed by atoms with E-state index in [1.54, 1.807) is 6.07 Å². The molecule has 3 aromatic rings. The van der Waals surface area contributed by atoms with Crippen molar-refractivity contribution in [2.45, 2.75) is 6.10 Å². The van der Waals surface area contributed by atoms with Crippen molar-refractivity contribution in [2.75, 3.05) is 13.2 Å². The third-order valence-electron chi connectivity index (χ3n) is 3.38. The van der Waals surface area contributed by atoms with Crippen LogP contribution in [-0.2, 0) is 4.74 Å². The molecule has 1 aromatic heterocycles. The van der Waals surface area contributed by atoms with Crippen molar-refractivity contribution < 1.29 is 18.4 Å². The lowest BCUT2D eigenvalue weighted by atomic mass is 10.1. The third kappa shape index (κ3) is 2.48. The standard InChI is InChI=1S/C16H12FNO3/c17-11-4-5-14-15(7-11)21-18-16(14)10-2-1-3-12(6-10)19-8-13-9-20-13/h1-7,13H,8-9H2. The van der Waals surface area contributed by atoms with Crippen LogP contribution in [0.4, 0.5) is 4.39 Å². The van der Waals surface area contributed by atoms with Gasteiger partial charge in [-0.3, -0.25) is 0 Å². The Bertz CT molecular complexity index is 795. The molecular formula is C16H12FNO3. The van der Waals surface area contributed by atoms with Gasteiger partial charge in [0.15, 0.2) is 5.58 Å². The first-order valence-electron chi connectivity index (χ1n) is 6.69. The number of hydrogen-bond donors (Lipinski definition) is 0. The van der Waals surface area contributed by atoms with E-state index < -0.39 is 0 Å². The Morgan fingerprint density at radius 2 is 2.14 bits per heavy atom. The molecule has 0 radical (unpaired) electrons. The number of fused-ring (bicyclic) bond motifs is 1. The predicted molar refractivity (Wildman–Crippen MR) is 74.6 cm³/mol. The van der Waals surface area contributed by atoms with Crippen molar-refractivity contribution in [2.24, 2.45) is 0 Å². The molecule has 0 saturated carbocycles. The Kier molecular flexibility index (Phi) is 2.86. The van der Waals surface area contributed by atoms with Gasteiger partial charge < -0.3 is 14.0 Å². The SMILES string of the molecule is Fc1ccc2c(-c3cccc(OCC4CO4)c3)noc2c1. The molecule has 0 amide bonds. The van der Waals surface area contributed by atoms with E-state index in [0.29, 0.717) is 17.9 Å². The molecule has 2 heterocycles. The summed E-state index contributed by atoms with van der Waals surface area (Å²) in [6, 6.07) is 12.0. The van der Waals surface area contributed by atoms with Crippen LogP contribution in [0.15, 0.2) is 47.0 Å². The molecule has 2 aromatic carbocycles. The molecule has 1 fully saturated rings. The average molecular weight is 285 g/mol. The van der Waals surface area contributed by atoms with Crippen LogP contribution in [0.1, 0.15) is 0 Å². The van der Waals surface area contributed by atoms with Gasteiger partial charge in [0.2, 0.25) is 0 Å². The quantitative estimate of drug-likeness (QED) is 0.689. The van der Waals surface area contributed by atoms with E-state index in [-0.39, 0.29) is 11.9 Å². The van der Waals surface area contributed by atoms with Gasteiger partial charge in [-0.2, -0.15) is 0 Å². The van der Waals surface area contributed by atoms with Gasteiger partial charge in [-0.1, -0.05) is 17.3 Å². The van der Waals surface area contributed by atoms with E-state index >= 15 is 0 Å². The molecule has 1 aliphatic heterocycles. The van der Waals surface area contributed by atoms with Crippen molar-refractivity contribution in [3.8, 4) is 17.0 Å². The van der Waals surface area contributed by atoms with Gasteiger partial charge in [-0.15, -0.1) is 0 Å². The molecule has 1 aliphatic rings. The molecule has 0 spiro atoms. The molecule has 106 valence electrons. The maximum Gasteiger partial charge on any atom is 0.170 e. The summed E-state index contributed by atoms with van der Waals surface area (Å²) < 4.78 is 29.1. The summed E-state index contributed by atoms with van der Waals surface area (Å²) in [5.41, 5.74) is 1.98. The first-order chi connectivity index (χ1) is 10.3. The molecule has 21 heavy (non-hydrogen) atoms. The van der Waals surface area contributed by atoms with Gasteiger partial charge in [-0.05, 0) is 24.3 Å². The second-order valence-electron chi connectivity index (χ2n) is 4.97. The van der Waals surface area contributed by atoms with Crippen LogP contribution in [0, 0.1) is 5.82 Å². The summed E-state index contributed by atoms with van der Waals surface area (Å²) in [5.74, 6) is 0.410. The number of epoxide rings is 1. The Morgan fingerprint density at radius 1 is 1.24 bits per heavy atom. The van der Waals surface area contributed by atoms with E-state index in [1.165, 1.54) is 12.1 Å². The second kappa shape index (κ2) is 4.86. The van der Waals surface area contributed by atoms with Gasteiger partial charge >= 0.3 is 0 Å². The number of nitrogens with zero attached hydrogens (tertiary/aromatic N) is 1. The summed E-state index contributed by atoms with van der Waals surface area (Å²) in [6.07, 6.45) is 0.213. The Balaban J connectivity index is 1.68. The Morgan fingerprint density at radius 3 is 3.00 bits per heavy atom. The van der Waals surface area contributed by atoms with Crippen molar-refractivity contribution in [3.63, 3.8) is 0 Å². The van der Waals surface area contributed by atoms with Crippen LogP contribution in [0.2, 0.25) is 0 Å². The maximum absolute atomic E-state index is 13.2. The molecular weight excluding hydrogens is 273 g/mol. The van der Waals surface area contributed by atoms with Gasteiger partial charge in [0, 0.05) is 17.0 Å². The fraction of sp³-hybridized carbons (Fsp3) is 0.188. The predicted octanol–water partition coefficient (Wildman–Crippen LogP) is 3.41. The molecule has 0 N–H and O–H groups in total. The van der Waals surface area contributed by atoms with Gasteiger partial charge in [-0.25, -0.2) is 4.39 Å². The number of ether oxygens (including phenoxy) is 2. The zero-order valence-corrected chi connectivity index (χ0v) is 11.1. The van der Waals surface area contributed by atoms with Crippen LogP contribution >= 0.6 is 0 Å². The summed E-state index contributed by atoms with van der Waals surface area (Å²) in [6.45, 7) is 1.31. The smallest absolute Gasteiger partial charge is 0.170 e. The zero-order valence-electron chi connectivity index (χ0n) is 11.1. The van der Waals surface area contributed by atoms with E-state index in [4.69, 9.17) is 14.0 Å². The van der Waals surface area contributed by atoms with Gasteiger partial charge in [0.1, 0.15) is 30.0 Å². The fourth-order valence-electron chi connectivity index (χ4n) is 2.21. The van der Waals surface area contributed by atoms with E-state index in [2.05, 4.69) is 5.16 Å². The summed E-state index contributed by atoms with van der Waals surface area (Å²) in [5, 5.41) is 4.81. The number of halogens is 1. The first-order valence-corrected chi connectivity index (χ1v) is 6.69. The minimum absolute atomic E-state index is 0.213. The summed E-state index contributed by atoms with van der Waals surface area (Å²) in [4.78, 5) is 0. The highest BCUT2D eigenvalue weighted by molar-refractivity contribution is 5.91. The summed E-state index contributed by atoms with van der Waals surface area (Å²) in [7, 11) is 0. The lowest BCUT2D eigenvalue weighted by Crippen LogP contribution is -2.03. The largest absolute Gasteiger partial charge is 0.491 e. The molecule has 0 bridgehead atoms. The Hall–Kier alpha value is -2.40. The molecule has 4 rings (SSSR count). The van der Waals surface area contributed by atoms with Crippen molar-refractivity contribution in [3.05, 3.63) is 48.3 Å². The highest BCUT2D eigenvalue weighted by atomic mass is 19.1. The van der Waals surface area contributed by atoms with Gasteiger partial charge in [0.25, 0.3) is 0 Å². The van der Waals surface area contributed by atoms with E-state index in [9.17, 15) is 4.39 Å². The average Bonchev–Trinajstić information content (AvgIpc) is 3.24. The monoisotopic (exact) mass is 285 g/mol. The number of hydrogen-bond acceptors (Lipinski definition) is 4. The highest BCUT2D eigenvalue weighted by Gasteiger charge is 2.23.